The van der Waals surface area contributed by atoms with Crippen molar-refractivity contribution in [3.05, 3.63) is 53.6 Å². The smallest absolute Gasteiger partial charge is 0.252 e. The molecule has 1 fully saturated rings. The molecule has 6 nitrogen and oxygen atoms in total. The van der Waals surface area contributed by atoms with Gasteiger partial charge in [0.1, 0.15) is 12.1 Å². The summed E-state index contributed by atoms with van der Waals surface area (Å²) in [6, 6.07) is 10.5. The Morgan fingerprint density at radius 3 is 3.08 bits per heavy atom. The van der Waals surface area contributed by atoms with E-state index in [2.05, 4.69) is 44.2 Å². The third-order valence-corrected chi connectivity index (χ3v) is 4.87. The second-order valence-electron chi connectivity index (χ2n) is 6.72. The van der Waals surface area contributed by atoms with Crippen LogP contribution in [-0.2, 0) is 6.54 Å². The van der Waals surface area contributed by atoms with E-state index in [0.717, 1.165) is 31.1 Å². The number of benzene rings is 1. The summed E-state index contributed by atoms with van der Waals surface area (Å²) in [4.78, 5) is 11.2. The molecular weight excluding hydrogens is 314 g/mol. The molecule has 2 aromatic heterocycles. The van der Waals surface area contributed by atoms with Crippen LogP contribution in [0.5, 0.6) is 5.75 Å². The Balaban J connectivity index is 1.55. The summed E-state index contributed by atoms with van der Waals surface area (Å²) in [6.45, 7) is 5.11. The highest BCUT2D eigenvalue weighted by Gasteiger charge is 2.24. The summed E-state index contributed by atoms with van der Waals surface area (Å²) in [7, 11) is 1.71. The molecule has 0 bridgehead atoms. The van der Waals surface area contributed by atoms with Crippen molar-refractivity contribution in [2.24, 2.45) is 0 Å². The molecule has 1 aromatic carbocycles. The molecule has 0 spiro atoms. The van der Waals surface area contributed by atoms with Crippen molar-refractivity contribution in [3.8, 4) is 5.75 Å². The van der Waals surface area contributed by atoms with Gasteiger partial charge in [0.05, 0.1) is 12.8 Å². The molecular formula is C19H23N5O. The van der Waals surface area contributed by atoms with Crippen LogP contribution >= 0.6 is 0 Å². The molecule has 1 saturated heterocycles. The van der Waals surface area contributed by atoms with Crippen LogP contribution in [0.25, 0.3) is 5.78 Å². The number of hydrogen-bond donors (Lipinski definition) is 0. The Morgan fingerprint density at radius 1 is 1.28 bits per heavy atom. The van der Waals surface area contributed by atoms with Gasteiger partial charge in [0.2, 0.25) is 0 Å². The van der Waals surface area contributed by atoms with E-state index in [1.807, 2.05) is 17.5 Å². The Kier molecular flexibility index (Phi) is 4.36. The average molecular weight is 337 g/mol. The van der Waals surface area contributed by atoms with Crippen molar-refractivity contribution in [3.63, 3.8) is 0 Å². The van der Waals surface area contributed by atoms with Crippen LogP contribution in [0, 0.1) is 6.92 Å². The monoisotopic (exact) mass is 337 g/mol. The fraction of sp³-hybridized carbons (Fsp3) is 0.421. The highest BCUT2D eigenvalue weighted by atomic mass is 16.5. The van der Waals surface area contributed by atoms with Gasteiger partial charge in [-0.05, 0) is 50.1 Å². The van der Waals surface area contributed by atoms with Gasteiger partial charge in [-0.3, -0.25) is 4.90 Å². The number of methoxy groups -OCH3 is 1. The SMILES string of the molecule is COc1cccc(CN2CCCC(c3cc(C)nc4ncnn34)C2)c1. The van der Waals surface area contributed by atoms with E-state index in [-0.39, 0.29) is 0 Å². The first-order valence-electron chi connectivity index (χ1n) is 8.75. The highest BCUT2D eigenvalue weighted by Crippen LogP contribution is 2.28. The molecule has 3 aromatic rings. The summed E-state index contributed by atoms with van der Waals surface area (Å²) in [5.74, 6) is 2.06. The lowest BCUT2D eigenvalue weighted by atomic mass is 9.93. The molecule has 3 heterocycles. The molecule has 0 amide bonds. The summed E-state index contributed by atoms with van der Waals surface area (Å²) < 4.78 is 7.24. The highest BCUT2D eigenvalue weighted by molar-refractivity contribution is 5.32. The summed E-state index contributed by atoms with van der Waals surface area (Å²) in [6.07, 6.45) is 3.95. The molecule has 4 rings (SSSR count). The van der Waals surface area contributed by atoms with E-state index in [1.165, 1.54) is 24.1 Å². The fourth-order valence-electron chi connectivity index (χ4n) is 3.72. The van der Waals surface area contributed by atoms with E-state index in [9.17, 15) is 0 Å². The Bertz CT molecular complexity index is 875. The van der Waals surface area contributed by atoms with Crippen molar-refractivity contribution in [2.45, 2.75) is 32.2 Å². The molecule has 1 aliphatic rings. The number of fused-ring (bicyclic) bond motifs is 1. The van der Waals surface area contributed by atoms with E-state index < -0.39 is 0 Å². The molecule has 6 heteroatoms. The molecule has 1 unspecified atom stereocenters. The van der Waals surface area contributed by atoms with Crippen LogP contribution in [-0.4, -0.2) is 44.7 Å². The zero-order valence-electron chi connectivity index (χ0n) is 14.7. The lowest BCUT2D eigenvalue weighted by molar-refractivity contribution is 0.197. The van der Waals surface area contributed by atoms with Crippen LogP contribution in [0.1, 0.15) is 35.7 Å². The minimum absolute atomic E-state index is 0.449. The van der Waals surface area contributed by atoms with Crippen molar-refractivity contribution in [2.75, 3.05) is 20.2 Å². The first-order valence-corrected chi connectivity index (χ1v) is 8.75. The lowest BCUT2D eigenvalue weighted by Gasteiger charge is -2.33. The average Bonchev–Trinajstić information content (AvgIpc) is 3.09. The quantitative estimate of drug-likeness (QED) is 0.733. The Hall–Kier alpha value is -2.47. The normalized spacial score (nSPS) is 18.6. The predicted molar refractivity (Wildman–Crippen MR) is 95.8 cm³/mol. The molecule has 1 aliphatic heterocycles. The third-order valence-electron chi connectivity index (χ3n) is 4.87. The molecule has 0 aliphatic carbocycles. The van der Waals surface area contributed by atoms with Crippen molar-refractivity contribution < 1.29 is 4.74 Å². The van der Waals surface area contributed by atoms with Crippen LogP contribution in [0.15, 0.2) is 36.7 Å². The number of likely N-dealkylation sites (tertiary alicyclic amines) is 1. The number of aryl methyl sites for hydroxylation is 1. The number of nitrogens with zero attached hydrogens (tertiary/aromatic N) is 5. The topological polar surface area (TPSA) is 55.5 Å². The molecule has 130 valence electrons. The van der Waals surface area contributed by atoms with Gasteiger partial charge in [-0.2, -0.15) is 10.1 Å². The second kappa shape index (κ2) is 6.80. The first-order chi connectivity index (χ1) is 12.2. The van der Waals surface area contributed by atoms with Crippen LogP contribution in [0.2, 0.25) is 0 Å². The Morgan fingerprint density at radius 2 is 2.20 bits per heavy atom. The maximum absolute atomic E-state index is 5.34. The largest absolute Gasteiger partial charge is 0.497 e. The maximum atomic E-state index is 5.34. The number of piperidine rings is 1. The number of hydrogen-bond acceptors (Lipinski definition) is 5. The van der Waals surface area contributed by atoms with Crippen LogP contribution in [0.3, 0.4) is 0 Å². The standard InChI is InChI=1S/C19H23N5O/c1-14-9-18(24-19(22-14)20-13-21-24)16-6-4-8-23(12-16)11-15-5-3-7-17(10-15)25-2/h3,5,7,9-10,13,16H,4,6,8,11-12H2,1-2H3. The lowest BCUT2D eigenvalue weighted by Crippen LogP contribution is -2.34. The third kappa shape index (κ3) is 3.35. The maximum Gasteiger partial charge on any atom is 0.252 e. The van der Waals surface area contributed by atoms with Gasteiger partial charge >= 0.3 is 0 Å². The van der Waals surface area contributed by atoms with E-state index >= 15 is 0 Å². The van der Waals surface area contributed by atoms with Gasteiger partial charge in [-0.25, -0.2) is 9.50 Å². The Labute approximate surface area is 147 Å². The van der Waals surface area contributed by atoms with Gasteiger partial charge in [0.25, 0.3) is 5.78 Å². The predicted octanol–water partition coefficient (Wildman–Crippen LogP) is 2.82. The van der Waals surface area contributed by atoms with Crippen LogP contribution in [0.4, 0.5) is 0 Å². The minimum atomic E-state index is 0.449. The minimum Gasteiger partial charge on any atom is -0.497 e. The summed E-state index contributed by atoms with van der Waals surface area (Å²) >= 11 is 0. The van der Waals surface area contributed by atoms with E-state index in [4.69, 9.17) is 4.74 Å². The summed E-state index contributed by atoms with van der Waals surface area (Å²) in [5, 5.41) is 4.37. The van der Waals surface area contributed by atoms with Crippen molar-refractivity contribution in [1.82, 2.24) is 24.5 Å². The van der Waals surface area contributed by atoms with Crippen molar-refractivity contribution in [1.29, 1.82) is 0 Å². The van der Waals surface area contributed by atoms with E-state index in [0.29, 0.717) is 11.7 Å². The van der Waals surface area contributed by atoms with E-state index in [1.54, 1.807) is 13.4 Å². The van der Waals surface area contributed by atoms with Gasteiger partial charge < -0.3 is 4.74 Å². The number of rotatable bonds is 4. The molecule has 25 heavy (non-hydrogen) atoms. The van der Waals surface area contributed by atoms with Crippen LogP contribution < -0.4 is 4.74 Å². The number of aromatic nitrogens is 4. The molecule has 0 saturated carbocycles. The number of ether oxygens (including phenoxy) is 1. The molecule has 1 atom stereocenters. The molecule has 0 N–H and O–H groups in total. The van der Waals surface area contributed by atoms with Gasteiger partial charge in [-0.15, -0.1) is 0 Å². The van der Waals surface area contributed by atoms with Gasteiger partial charge in [0.15, 0.2) is 0 Å². The fourth-order valence-corrected chi connectivity index (χ4v) is 3.72. The van der Waals surface area contributed by atoms with Crippen molar-refractivity contribution >= 4 is 5.78 Å². The second-order valence-corrected chi connectivity index (χ2v) is 6.72. The first kappa shape index (κ1) is 16.0. The molecule has 0 radical (unpaired) electrons. The van der Waals surface area contributed by atoms with Gasteiger partial charge in [-0.1, -0.05) is 12.1 Å². The van der Waals surface area contributed by atoms with Gasteiger partial charge in [0, 0.05) is 24.7 Å². The zero-order valence-corrected chi connectivity index (χ0v) is 14.7. The zero-order chi connectivity index (χ0) is 17.2. The summed E-state index contributed by atoms with van der Waals surface area (Å²) in [5.41, 5.74) is 3.51.